The highest BCUT2D eigenvalue weighted by molar-refractivity contribution is 7.90. The van der Waals surface area contributed by atoms with E-state index in [1.165, 1.54) is 4.31 Å². The van der Waals surface area contributed by atoms with E-state index in [2.05, 4.69) is 9.62 Å². The number of benzene rings is 1. The maximum absolute atomic E-state index is 12.3. The van der Waals surface area contributed by atoms with Gasteiger partial charge in [0, 0.05) is 38.4 Å². The van der Waals surface area contributed by atoms with Gasteiger partial charge in [-0.2, -0.15) is 4.31 Å². The summed E-state index contributed by atoms with van der Waals surface area (Å²) in [6.07, 6.45) is 0.504. The van der Waals surface area contributed by atoms with Gasteiger partial charge in [-0.05, 0) is 18.6 Å². The molecule has 0 bridgehead atoms. The number of sulfonamides is 2. The predicted octanol–water partition coefficient (Wildman–Crippen LogP) is 0.468. The van der Waals surface area contributed by atoms with Crippen molar-refractivity contribution in [3.8, 4) is 0 Å². The Bertz CT molecular complexity index is 712. The molecule has 7 nitrogen and oxygen atoms in total. The van der Waals surface area contributed by atoms with Crippen molar-refractivity contribution in [2.75, 3.05) is 49.1 Å². The third kappa shape index (κ3) is 5.44. The topological polar surface area (TPSA) is 86.8 Å². The van der Waals surface area contributed by atoms with Crippen LogP contribution >= 0.6 is 0 Å². The van der Waals surface area contributed by atoms with Gasteiger partial charge >= 0.3 is 0 Å². The molecule has 0 spiro atoms. The molecule has 1 fully saturated rings. The summed E-state index contributed by atoms with van der Waals surface area (Å²) in [4.78, 5) is 2.15. The maximum atomic E-state index is 12.3. The Balaban J connectivity index is 1.84. The summed E-state index contributed by atoms with van der Waals surface area (Å²) in [6, 6.07) is 9.88. The van der Waals surface area contributed by atoms with Gasteiger partial charge in [0.1, 0.15) is 0 Å². The minimum atomic E-state index is -3.45. The first-order valence-electron chi connectivity index (χ1n) is 8.09. The molecule has 2 rings (SSSR count). The molecule has 1 N–H and O–H groups in total. The molecule has 0 saturated carbocycles. The van der Waals surface area contributed by atoms with Crippen LogP contribution in [0.25, 0.3) is 0 Å². The molecule has 0 amide bonds. The number of para-hydroxylation sites is 1. The minimum Gasteiger partial charge on any atom is -0.369 e. The Hall–Kier alpha value is -1.16. The Morgan fingerprint density at radius 3 is 2.17 bits per heavy atom. The molecule has 0 aromatic heterocycles. The number of anilines is 1. The van der Waals surface area contributed by atoms with E-state index in [0.717, 1.165) is 5.69 Å². The van der Waals surface area contributed by atoms with Crippen LogP contribution in [0.4, 0.5) is 5.69 Å². The highest BCUT2D eigenvalue weighted by Gasteiger charge is 2.27. The van der Waals surface area contributed by atoms with Crippen molar-refractivity contribution in [2.45, 2.75) is 13.3 Å². The zero-order valence-corrected chi connectivity index (χ0v) is 15.5. The van der Waals surface area contributed by atoms with Crippen molar-refractivity contribution >= 4 is 25.7 Å². The lowest BCUT2D eigenvalue weighted by Crippen LogP contribution is -2.50. The van der Waals surface area contributed by atoms with Crippen LogP contribution in [0.15, 0.2) is 30.3 Å². The van der Waals surface area contributed by atoms with E-state index < -0.39 is 20.0 Å². The molecule has 1 aliphatic heterocycles. The molecule has 0 aliphatic carbocycles. The van der Waals surface area contributed by atoms with E-state index in [4.69, 9.17) is 0 Å². The Kier molecular flexibility index (Phi) is 6.62. The molecular formula is C15H25N3O4S2. The average Bonchev–Trinajstić information content (AvgIpc) is 2.55. The molecular weight excluding hydrogens is 350 g/mol. The van der Waals surface area contributed by atoms with Crippen LogP contribution in [0.1, 0.15) is 13.3 Å². The molecule has 1 heterocycles. The molecule has 136 valence electrons. The quantitative estimate of drug-likeness (QED) is 0.714. The SMILES string of the molecule is CCCS(=O)(=O)NCCS(=O)(=O)N1CCN(c2ccccc2)CC1. The molecule has 0 unspecified atom stereocenters. The van der Waals surface area contributed by atoms with Crippen molar-refractivity contribution in [1.82, 2.24) is 9.03 Å². The van der Waals surface area contributed by atoms with Crippen LogP contribution < -0.4 is 9.62 Å². The van der Waals surface area contributed by atoms with Crippen molar-refractivity contribution in [3.63, 3.8) is 0 Å². The van der Waals surface area contributed by atoms with Crippen molar-refractivity contribution < 1.29 is 16.8 Å². The highest BCUT2D eigenvalue weighted by atomic mass is 32.2. The van der Waals surface area contributed by atoms with E-state index in [9.17, 15) is 16.8 Å². The molecule has 9 heteroatoms. The van der Waals surface area contributed by atoms with Crippen molar-refractivity contribution in [2.24, 2.45) is 0 Å². The van der Waals surface area contributed by atoms with Crippen LogP contribution in [0.3, 0.4) is 0 Å². The fraction of sp³-hybridized carbons (Fsp3) is 0.600. The fourth-order valence-corrected chi connectivity index (χ4v) is 5.22. The number of hydrogen-bond acceptors (Lipinski definition) is 5. The first-order chi connectivity index (χ1) is 11.3. The zero-order chi connectivity index (χ0) is 17.6. The molecule has 1 saturated heterocycles. The summed E-state index contributed by atoms with van der Waals surface area (Å²) in [5, 5.41) is 0. The smallest absolute Gasteiger partial charge is 0.215 e. The van der Waals surface area contributed by atoms with Gasteiger partial charge in [-0.25, -0.2) is 21.6 Å². The predicted molar refractivity (Wildman–Crippen MR) is 96.1 cm³/mol. The van der Waals surface area contributed by atoms with Gasteiger partial charge in [0.2, 0.25) is 20.0 Å². The van der Waals surface area contributed by atoms with Crippen LogP contribution in [0, 0.1) is 0 Å². The first kappa shape index (κ1) is 19.2. The van der Waals surface area contributed by atoms with Crippen LogP contribution in [0.2, 0.25) is 0 Å². The molecule has 1 aliphatic rings. The first-order valence-corrected chi connectivity index (χ1v) is 11.4. The number of nitrogens with one attached hydrogen (secondary N) is 1. The maximum Gasteiger partial charge on any atom is 0.215 e. The van der Waals surface area contributed by atoms with E-state index in [1.54, 1.807) is 6.92 Å². The second kappa shape index (κ2) is 8.28. The largest absolute Gasteiger partial charge is 0.369 e. The normalized spacial score (nSPS) is 17.1. The highest BCUT2D eigenvalue weighted by Crippen LogP contribution is 2.17. The summed E-state index contributed by atoms with van der Waals surface area (Å²) in [5.74, 6) is -0.190. The number of hydrogen-bond donors (Lipinski definition) is 1. The number of piperazine rings is 1. The summed E-state index contributed by atoms with van der Waals surface area (Å²) < 4.78 is 51.6. The Labute approximate surface area is 144 Å². The van der Waals surface area contributed by atoms with Gasteiger partial charge < -0.3 is 4.90 Å². The van der Waals surface area contributed by atoms with Crippen LogP contribution in [-0.2, 0) is 20.0 Å². The summed E-state index contributed by atoms with van der Waals surface area (Å²) in [5.41, 5.74) is 1.09. The summed E-state index contributed by atoms with van der Waals surface area (Å²) >= 11 is 0. The molecule has 1 aromatic rings. The van der Waals surface area contributed by atoms with E-state index in [-0.39, 0.29) is 18.1 Å². The summed E-state index contributed by atoms with van der Waals surface area (Å²) in [6.45, 7) is 3.78. The number of rotatable bonds is 8. The van der Waals surface area contributed by atoms with Gasteiger partial charge in [0.15, 0.2) is 0 Å². The van der Waals surface area contributed by atoms with Gasteiger partial charge in [0.05, 0.1) is 11.5 Å². The number of nitrogens with zero attached hydrogens (tertiary/aromatic N) is 2. The van der Waals surface area contributed by atoms with Gasteiger partial charge in [-0.15, -0.1) is 0 Å². The second-order valence-corrected chi connectivity index (χ2v) is 9.77. The van der Waals surface area contributed by atoms with E-state index >= 15 is 0 Å². The Morgan fingerprint density at radius 2 is 1.58 bits per heavy atom. The zero-order valence-electron chi connectivity index (χ0n) is 13.9. The van der Waals surface area contributed by atoms with Crippen LogP contribution in [0.5, 0.6) is 0 Å². The molecule has 0 atom stereocenters. The average molecular weight is 376 g/mol. The lowest BCUT2D eigenvalue weighted by atomic mass is 10.2. The third-order valence-corrected chi connectivity index (χ3v) is 7.37. The lowest BCUT2D eigenvalue weighted by Gasteiger charge is -2.35. The monoisotopic (exact) mass is 375 g/mol. The minimum absolute atomic E-state index is 0.0167. The van der Waals surface area contributed by atoms with Crippen LogP contribution in [-0.4, -0.2) is 65.4 Å². The third-order valence-electron chi connectivity index (χ3n) is 3.91. The molecule has 1 aromatic carbocycles. The van der Waals surface area contributed by atoms with Gasteiger partial charge in [0.25, 0.3) is 0 Å². The van der Waals surface area contributed by atoms with E-state index in [0.29, 0.717) is 32.6 Å². The standard InChI is InChI=1S/C15H25N3O4S2/c1-2-13-23(19,20)16-8-14-24(21,22)18-11-9-17(10-12-18)15-6-4-3-5-7-15/h3-7,16H,2,8-14H2,1H3. The van der Waals surface area contributed by atoms with E-state index in [1.807, 2.05) is 30.3 Å². The summed E-state index contributed by atoms with van der Waals surface area (Å²) in [7, 11) is -6.82. The Morgan fingerprint density at radius 1 is 0.958 bits per heavy atom. The van der Waals surface area contributed by atoms with Crippen molar-refractivity contribution in [1.29, 1.82) is 0 Å². The van der Waals surface area contributed by atoms with Crippen molar-refractivity contribution in [3.05, 3.63) is 30.3 Å². The molecule has 24 heavy (non-hydrogen) atoms. The lowest BCUT2D eigenvalue weighted by molar-refractivity contribution is 0.385. The fourth-order valence-electron chi connectivity index (χ4n) is 2.66. The second-order valence-electron chi connectivity index (χ2n) is 5.75. The van der Waals surface area contributed by atoms with Gasteiger partial charge in [-0.1, -0.05) is 25.1 Å². The van der Waals surface area contributed by atoms with Gasteiger partial charge in [-0.3, -0.25) is 0 Å². The molecule has 0 radical (unpaired) electrons.